The van der Waals surface area contributed by atoms with E-state index in [-0.39, 0.29) is 6.17 Å². The molecule has 2 aromatic rings. The fourth-order valence-electron chi connectivity index (χ4n) is 2.18. The minimum atomic E-state index is -0.0619. The molecule has 0 radical (unpaired) electrons. The van der Waals surface area contributed by atoms with Gasteiger partial charge >= 0.3 is 0 Å². The van der Waals surface area contributed by atoms with Gasteiger partial charge in [0, 0.05) is 24.1 Å². The van der Waals surface area contributed by atoms with Crippen LogP contribution in [-0.4, -0.2) is 22.6 Å². The van der Waals surface area contributed by atoms with Gasteiger partial charge in [-0.2, -0.15) is 0 Å². The highest BCUT2D eigenvalue weighted by Crippen LogP contribution is 2.21. The van der Waals surface area contributed by atoms with Crippen LogP contribution in [0.3, 0.4) is 0 Å². The van der Waals surface area contributed by atoms with Gasteiger partial charge in [0.2, 0.25) is 5.13 Å². The van der Waals surface area contributed by atoms with Gasteiger partial charge in [-0.05, 0) is 29.3 Å². The molecule has 122 valence electrons. The number of hydrogen-bond acceptors (Lipinski definition) is 5. The molecule has 1 N–H and O–H groups in total. The molecule has 1 aromatic carbocycles. The molecule has 0 saturated carbocycles. The second-order valence-corrected chi connectivity index (χ2v) is 6.83. The average molecular weight is 357 g/mol. The van der Waals surface area contributed by atoms with Crippen molar-refractivity contribution in [2.75, 3.05) is 5.32 Å². The first-order valence-electron chi connectivity index (χ1n) is 7.58. The maximum Gasteiger partial charge on any atom is 0.207 e. The average Bonchev–Trinajstić information content (AvgIpc) is 3.03. The number of allylic oxidation sites excluding steroid dienone is 4. The second-order valence-electron chi connectivity index (χ2n) is 5.33. The van der Waals surface area contributed by atoms with Crippen molar-refractivity contribution in [1.82, 2.24) is 10.2 Å². The molecule has 6 heteroatoms. The van der Waals surface area contributed by atoms with Gasteiger partial charge in [-0.25, -0.2) is 0 Å². The first-order valence-corrected chi connectivity index (χ1v) is 8.77. The number of rotatable bonds is 4. The van der Waals surface area contributed by atoms with E-state index >= 15 is 0 Å². The quantitative estimate of drug-likeness (QED) is 0.866. The number of aliphatic imine (C=N–C) groups is 1. The number of nitrogens with one attached hydrogen (secondary N) is 1. The fourth-order valence-corrected chi connectivity index (χ4v) is 3.13. The summed E-state index contributed by atoms with van der Waals surface area (Å²) in [6, 6.07) is 7.78. The highest BCUT2D eigenvalue weighted by Gasteiger charge is 2.10. The Labute approximate surface area is 150 Å². The summed E-state index contributed by atoms with van der Waals surface area (Å²) in [7, 11) is 0. The first kappa shape index (κ1) is 16.6. The topological polar surface area (TPSA) is 50.2 Å². The summed E-state index contributed by atoms with van der Waals surface area (Å²) in [6.07, 6.45) is 11.1. The van der Waals surface area contributed by atoms with Gasteiger partial charge in [0.15, 0.2) is 0 Å². The van der Waals surface area contributed by atoms with E-state index in [4.69, 9.17) is 11.6 Å². The van der Waals surface area contributed by atoms with Crippen LogP contribution in [0.5, 0.6) is 0 Å². The maximum atomic E-state index is 5.91. The summed E-state index contributed by atoms with van der Waals surface area (Å²) in [5.41, 5.74) is 2.12. The SMILES string of the molecule is C=C1/C=C\C=N/C(Nc2nnc(Cc3ccc(Cl)cc3)s2)C/C=C\1. The van der Waals surface area contributed by atoms with E-state index in [0.717, 1.165) is 39.1 Å². The van der Waals surface area contributed by atoms with Crippen molar-refractivity contribution in [2.45, 2.75) is 19.0 Å². The predicted octanol–water partition coefficient (Wildman–Crippen LogP) is 4.66. The zero-order chi connectivity index (χ0) is 16.8. The standard InChI is InChI=1S/C18H17ClN4S/c1-13-4-2-6-16(20-11-3-5-13)21-18-23-22-17(24-18)12-14-7-9-15(19)10-8-14/h2-5,7-11,16H,1,6,12H2,(H,21,23)/b4-2-,5-3-,20-11-. The summed E-state index contributed by atoms with van der Waals surface area (Å²) < 4.78 is 0. The molecule has 3 rings (SSSR count). The van der Waals surface area contributed by atoms with Crippen LogP contribution < -0.4 is 5.32 Å². The highest BCUT2D eigenvalue weighted by molar-refractivity contribution is 7.15. The lowest BCUT2D eigenvalue weighted by molar-refractivity contribution is 0.775. The van der Waals surface area contributed by atoms with Crippen LogP contribution in [0.2, 0.25) is 5.02 Å². The fraction of sp³-hybridized carbons (Fsp3) is 0.167. The minimum absolute atomic E-state index is 0.0619. The molecule has 0 amide bonds. The molecule has 24 heavy (non-hydrogen) atoms. The van der Waals surface area contributed by atoms with Crippen molar-refractivity contribution in [3.8, 4) is 0 Å². The van der Waals surface area contributed by atoms with E-state index in [0.29, 0.717) is 0 Å². The van der Waals surface area contributed by atoms with Crippen LogP contribution in [-0.2, 0) is 6.42 Å². The number of nitrogens with zero attached hydrogens (tertiary/aromatic N) is 3. The van der Waals surface area contributed by atoms with Crippen molar-refractivity contribution in [1.29, 1.82) is 0 Å². The van der Waals surface area contributed by atoms with Gasteiger partial charge in [-0.1, -0.05) is 59.9 Å². The molecule has 0 fully saturated rings. The van der Waals surface area contributed by atoms with E-state index < -0.39 is 0 Å². The van der Waals surface area contributed by atoms with E-state index in [9.17, 15) is 0 Å². The van der Waals surface area contributed by atoms with Crippen LogP contribution >= 0.6 is 22.9 Å². The number of hydrogen-bond donors (Lipinski definition) is 1. The van der Waals surface area contributed by atoms with E-state index in [1.807, 2.05) is 42.5 Å². The van der Waals surface area contributed by atoms with Crippen LogP contribution in [0.4, 0.5) is 5.13 Å². The lowest BCUT2D eigenvalue weighted by Crippen LogP contribution is -2.15. The summed E-state index contributed by atoms with van der Waals surface area (Å²) in [5, 5.41) is 14.2. The maximum absolute atomic E-state index is 5.91. The predicted molar refractivity (Wildman–Crippen MR) is 102 cm³/mol. The monoisotopic (exact) mass is 356 g/mol. The Bertz CT molecular complexity index is 790. The number of halogens is 1. The van der Waals surface area contributed by atoms with Crippen molar-refractivity contribution < 1.29 is 0 Å². The lowest BCUT2D eigenvalue weighted by atomic mass is 10.2. The molecule has 1 aliphatic heterocycles. The van der Waals surface area contributed by atoms with Crippen molar-refractivity contribution in [3.63, 3.8) is 0 Å². The molecule has 1 unspecified atom stereocenters. The molecule has 0 bridgehead atoms. The van der Waals surface area contributed by atoms with Gasteiger partial charge in [-0.3, -0.25) is 4.99 Å². The molecule has 1 atom stereocenters. The third kappa shape index (κ3) is 4.88. The summed E-state index contributed by atoms with van der Waals surface area (Å²) in [4.78, 5) is 4.48. The van der Waals surface area contributed by atoms with Crippen LogP contribution in [0.25, 0.3) is 0 Å². The smallest absolute Gasteiger partial charge is 0.207 e. The Morgan fingerprint density at radius 2 is 2.04 bits per heavy atom. The van der Waals surface area contributed by atoms with Gasteiger partial charge in [0.25, 0.3) is 0 Å². The Hall–Kier alpha value is -2.24. The van der Waals surface area contributed by atoms with Crippen molar-refractivity contribution in [3.05, 3.63) is 76.3 Å². The molecule has 0 aliphatic carbocycles. The van der Waals surface area contributed by atoms with Crippen LogP contribution in [0.1, 0.15) is 17.0 Å². The summed E-state index contributed by atoms with van der Waals surface area (Å²) >= 11 is 7.45. The number of aromatic nitrogens is 2. The summed E-state index contributed by atoms with van der Waals surface area (Å²) in [6.45, 7) is 3.93. The van der Waals surface area contributed by atoms with E-state index in [1.165, 1.54) is 0 Å². The van der Waals surface area contributed by atoms with Gasteiger partial charge in [0.1, 0.15) is 11.2 Å². The van der Waals surface area contributed by atoms with Crippen molar-refractivity contribution >= 4 is 34.3 Å². The molecule has 1 aromatic heterocycles. The van der Waals surface area contributed by atoms with Gasteiger partial charge < -0.3 is 5.32 Å². The Balaban J connectivity index is 1.64. The normalized spacial score (nSPS) is 21.4. The second kappa shape index (κ2) is 8.04. The molecular weight excluding hydrogens is 340 g/mol. The third-order valence-electron chi connectivity index (χ3n) is 3.38. The van der Waals surface area contributed by atoms with E-state index in [2.05, 4.69) is 33.2 Å². The van der Waals surface area contributed by atoms with Crippen molar-refractivity contribution in [2.24, 2.45) is 4.99 Å². The zero-order valence-electron chi connectivity index (χ0n) is 13.0. The highest BCUT2D eigenvalue weighted by atomic mass is 35.5. The number of anilines is 1. The number of benzene rings is 1. The molecule has 2 heterocycles. The largest absolute Gasteiger partial charge is 0.338 e. The lowest BCUT2D eigenvalue weighted by Gasteiger charge is -2.10. The van der Waals surface area contributed by atoms with Crippen LogP contribution in [0.15, 0.2) is 65.7 Å². The zero-order valence-corrected chi connectivity index (χ0v) is 14.6. The van der Waals surface area contributed by atoms with Gasteiger partial charge in [-0.15, -0.1) is 10.2 Å². The third-order valence-corrected chi connectivity index (χ3v) is 4.49. The molecule has 1 aliphatic rings. The van der Waals surface area contributed by atoms with Gasteiger partial charge in [0.05, 0.1) is 0 Å². The summed E-state index contributed by atoms with van der Waals surface area (Å²) in [5.74, 6) is 0. The molecule has 0 saturated heterocycles. The van der Waals surface area contributed by atoms with E-state index in [1.54, 1.807) is 17.6 Å². The molecule has 0 spiro atoms. The minimum Gasteiger partial charge on any atom is -0.338 e. The molecule has 4 nitrogen and oxygen atoms in total. The first-order chi connectivity index (χ1) is 11.7. The Morgan fingerprint density at radius 3 is 2.88 bits per heavy atom. The molecular formula is C18H17ClN4S. The Kier molecular flexibility index (Phi) is 5.56. The Morgan fingerprint density at radius 1 is 1.21 bits per heavy atom. The van der Waals surface area contributed by atoms with Crippen LogP contribution in [0, 0.1) is 0 Å².